The predicted octanol–water partition coefficient (Wildman–Crippen LogP) is 0.133. The van der Waals surface area contributed by atoms with Crippen LogP contribution in [0.5, 0.6) is 5.88 Å². The van der Waals surface area contributed by atoms with Crippen molar-refractivity contribution >= 4 is 17.4 Å². The highest BCUT2D eigenvalue weighted by Crippen LogP contribution is 2.25. The number of hydrogen-bond donors (Lipinski definition) is 3. The molecule has 1 amide bonds. The second-order valence-corrected chi connectivity index (χ2v) is 3.75. The molecule has 7 heteroatoms. The van der Waals surface area contributed by atoms with Crippen LogP contribution in [0.15, 0.2) is 6.33 Å². The van der Waals surface area contributed by atoms with Crippen LogP contribution in [0.3, 0.4) is 0 Å². The van der Waals surface area contributed by atoms with Crippen LogP contribution in [0.4, 0.5) is 11.5 Å². The molecule has 0 aliphatic carbocycles. The Kier molecular flexibility index (Phi) is 4.50. The Hall–Kier alpha value is -2.05. The lowest BCUT2D eigenvalue weighted by Crippen LogP contribution is -2.17. The van der Waals surface area contributed by atoms with E-state index in [2.05, 4.69) is 15.3 Å². The van der Waals surface area contributed by atoms with Crippen molar-refractivity contribution < 1.29 is 9.53 Å². The second-order valence-electron chi connectivity index (χ2n) is 3.75. The molecule has 1 heterocycles. The molecule has 1 aromatic heterocycles. The van der Waals surface area contributed by atoms with Crippen molar-refractivity contribution in [1.82, 2.24) is 9.97 Å². The van der Waals surface area contributed by atoms with Crippen LogP contribution in [0.2, 0.25) is 0 Å². The Morgan fingerprint density at radius 3 is 2.82 bits per heavy atom. The Bertz CT molecular complexity index is 394. The van der Waals surface area contributed by atoms with E-state index in [9.17, 15) is 4.79 Å². The SMILES string of the molecule is CC(C)Oc1ncnc(NCCC(N)=O)c1N. The van der Waals surface area contributed by atoms with Crippen molar-refractivity contribution in [3.8, 4) is 5.88 Å². The number of aromatic nitrogens is 2. The predicted molar refractivity (Wildman–Crippen MR) is 64.5 cm³/mol. The number of amides is 1. The van der Waals surface area contributed by atoms with Crippen LogP contribution in [0.1, 0.15) is 20.3 Å². The molecule has 0 aliphatic rings. The number of nitrogens with zero attached hydrogens (tertiary/aromatic N) is 2. The van der Waals surface area contributed by atoms with Crippen LogP contribution in [0.25, 0.3) is 0 Å². The van der Waals surface area contributed by atoms with Crippen molar-refractivity contribution in [3.63, 3.8) is 0 Å². The fourth-order valence-electron chi connectivity index (χ4n) is 1.14. The number of anilines is 2. The van der Waals surface area contributed by atoms with Gasteiger partial charge in [0.05, 0.1) is 6.10 Å². The number of hydrogen-bond acceptors (Lipinski definition) is 6. The average molecular weight is 239 g/mol. The Morgan fingerprint density at radius 1 is 1.53 bits per heavy atom. The highest BCUT2D eigenvalue weighted by atomic mass is 16.5. The van der Waals surface area contributed by atoms with Crippen LogP contribution in [-0.4, -0.2) is 28.5 Å². The number of carbonyl (C=O) groups is 1. The highest BCUT2D eigenvalue weighted by Gasteiger charge is 2.10. The molecule has 0 fully saturated rings. The molecule has 0 spiro atoms. The van der Waals surface area contributed by atoms with Crippen molar-refractivity contribution in [2.75, 3.05) is 17.6 Å². The molecule has 0 radical (unpaired) electrons. The molecule has 7 nitrogen and oxygen atoms in total. The zero-order valence-corrected chi connectivity index (χ0v) is 9.93. The lowest BCUT2D eigenvalue weighted by molar-refractivity contribution is -0.117. The lowest BCUT2D eigenvalue weighted by Gasteiger charge is -2.13. The summed E-state index contributed by atoms with van der Waals surface area (Å²) in [6.45, 7) is 4.13. The number of nitrogens with one attached hydrogen (secondary N) is 1. The number of rotatable bonds is 6. The molecule has 0 atom stereocenters. The number of carbonyl (C=O) groups excluding carboxylic acids is 1. The molecule has 94 valence electrons. The Morgan fingerprint density at radius 2 is 2.24 bits per heavy atom. The zero-order chi connectivity index (χ0) is 12.8. The van der Waals surface area contributed by atoms with Gasteiger partial charge in [-0.1, -0.05) is 0 Å². The van der Waals surface area contributed by atoms with E-state index in [0.29, 0.717) is 23.9 Å². The quantitative estimate of drug-likeness (QED) is 0.650. The fourth-order valence-corrected chi connectivity index (χ4v) is 1.14. The molecule has 5 N–H and O–H groups in total. The zero-order valence-electron chi connectivity index (χ0n) is 9.93. The average Bonchev–Trinajstić information content (AvgIpc) is 2.22. The summed E-state index contributed by atoms with van der Waals surface area (Å²) in [6.07, 6.45) is 1.54. The third-order valence-electron chi connectivity index (χ3n) is 1.86. The number of nitrogens with two attached hydrogens (primary N) is 2. The molecule has 0 aromatic carbocycles. The van der Waals surface area contributed by atoms with Gasteiger partial charge in [0.15, 0.2) is 5.82 Å². The lowest BCUT2D eigenvalue weighted by atomic mass is 10.4. The largest absolute Gasteiger partial charge is 0.473 e. The van der Waals surface area contributed by atoms with Gasteiger partial charge in [-0.2, -0.15) is 4.98 Å². The third-order valence-corrected chi connectivity index (χ3v) is 1.86. The summed E-state index contributed by atoms with van der Waals surface area (Å²) in [7, 11) is 0. The van der Waals surface area contributed by atoms with Crippen molar-refractivity contribution in [2.24, 2.45) is 5.73 Å². The molecule has 1 rings (SSSR count). The van der Waals surface area contributed by atoms with Gasteiger partial charge in [0.2, 0.25) is 11.8 Å². The van der Waals surface area contributed by atoms with Gasteiger partial charge < -0.3 is 21.5 Å². The monoisotopic (exact) mass is 239 g/mol. The van der Waals surface area contributed by atoms with Gasteiger partial charge in [-0.25, -0.2) is 4.98 Å². The van der Waals surface area contributed by atoms with Crippen LogP contribution < -0.4 is 21.5 Å². The molecule has 0 aliphatic heterocycles. The number of nitrogen functional groups attached to an aromatic ring is 1. The topological polar surface area (TPSA) is 116 Å². The maximum atomic E-state index is 10.6. The first-order valence-electron chi connectivity index (χ1n) is 5.30. The van der Waals surface area contributed by atoms with Crippen LogP contribution in [-0.2, 0) is 4.79 Å². The second kappa shape index (κ2) is 5.88. The minimum Gasteiger partial charge on any atom is -0.473 e. The van der Waals surface area contributed by atoms with Gasteiger partial charge in [0, 0.05) is 13.0 Å². The summed E-state index contributed by atoms with van der Waals surface area (Å²) in [5, 5.41) is 2.90. The van der Waals surface area contributed by atoms with Crippen molar-refractivity contribution in [2.45, 2.75) is 26.4 Å². The third kappa shape index (κ3) is 4.13. The summed E-state index contributed by atoms with van der Waals surface area (Å²) in [6, 6.07) is 0. The summed E-state index contributed by atoms with van der Waals surface area (Å²) in [4.78, 5) is 18.5. The summed E-state index contributed by atoms with van der Waals surface area (Å²) >= 11 is 0. The summed E-state index contributed by atoms with van der Waals surface area (Å²) in [5.74, 6) is 0.386. The first kappa shape index (κ1) is 13.0. The first-order valence-corrected chi connectivity index (χ1v) is 5.30. The molecule has 17 heavy (non-hydrogen) atoms. The maximum Gasteiger partial charge on any atom is 0.242 e. The van der Waals surface area contributed by atoms with Crippen molar-refractivity contribution in [3.05, 3.63) is 6.33 Å². The van der Waals surface area contributed by atoms with Gasteiger partial charge >= 0.3 is 0 Å². The summed E-state index contributed by atoms with van der Waals surface area (Å²) in [5.41, 5.74) is 11.2. The van der Waals surface area contributed by atoms with E-state index < -0.39 is 0 Å². The van der Waals surface area contributed by atoms with Gasteiger partial charge in [-0.15, -0.1) is 0 Å². The van der Waals surface area contributed by atoms with E-state index in [-0.39, 0.29) is 18.4 Å². The van der Waals surface area contributed by atoms with Crippen LogP contribution in [0, 0.1) is 0 Å². The normalized spacial score (nSPS) is 10.3. The number of primary amides is 1. The van der Waals surface area contributed by atoms with E-state index in [0.717, 1.165) is 0 Å². The van der Waals surface area contributed by atoms with E-state index in [1.54, 1.807) is 0 Å². The van der Waals surface area contributed by atoms with Gasteiger partial charge in [-0.3, -0.25) is 4.79 Å². The molecule has 0 saturated heterocycles. The highest BCUT2D eigenvalue weighted by molar-refractivity contribution is 5.74. The molecular formula is C10H17N5O2. The molecule has 1 aromatic rings. The number of ether oxygens (including phenoxy) is 1. The summed E-state index contributed by atoms with van der Waals surface area (Å²) < 4.78 is 5.41. The molecule has 0 saturated carbocycles. The minimum atomic E-state index is -0.385. The van der Waals surface area contributed by atoms with E-state index >= 15 is 0 Å². The van der Waals surface area contributed by atoms with E-state index in [4.69, 9.17) is 16.2 Å². The van der Waals surface area contributed by atoms with Crippen LogP contribution >= 0.6 is 0 Å². The van der Waals surface area contributed by atoms with E-state index in [1.807, 2.05) is 13.8 Å². The van der Waals surface area contributed by atoms with Gasteiger partial charge in [0.25, 0.3) is 0 Å². The molecule has 0 unspecified atom stereocenters. The Balaban J connectivity index is 2.69. The fraction of sp³-hybridized carbons (Fsp3) is 0.500. The minimum absolute atomic E-state index is 0.0225. The first-order chi connectivity index (χ1) is 8.00. The maximum absolute atomic E-state index is 10.6. The van der Waals surface area contributed by atoms with Gasteiger partial charge in [0.1, 0.15) is 12.0 Å². The van der Waals surface area contributed by atoms with Crippen molar-refractivity contribution in [1.29, 1.82) is 0 Å². The van der Waals surface area contributed by atoms with E-state index in [1.165, 1.54) is 6.33 Å². The standard InChI is InChI=1S/C10H17N5O2/c1-6(2)17-10-8(12)9(14-5-15-10)13-4-3-7(11)16/h5-6H,3-4,12H2,1-2H3,(H2,11,16)(H,13,14,15). The Labute approximate surface area is 99.6 Å². The molecule has 0 bridgehead atoms. The molecular weight excluding hydrogens is 222 g/mol. The smallest absolute Gasteiger partial charge is 0.242 e. The van der Waals surface area contributed by atoms with Gasteiger partial charge in [-0.05, 0) is 13.8 Å².